The minimum Gasteiger partial charge on any atom is -0.481 e. The van der Waals surface area contributed by atoms with E-state index in [0.717, 1.165) is 49.2 Å². The third-order valence-corrected chi connectivity index (χ3v) is 63.3. The lowest BCUT2D eigenvalue weighted by Gasteiger charge is -2.45. The predicted octanol–water partition coefficient (Wildman–Crippen LogP) is 21.6. The van der Waals surface area contributed by atoms with Gasteiger partial charge in [-0.05, 0) is 269 Å². The van der Waals surface area contributed by atoms with Gasteiger partial charge in [0.05, 0.1) is 98.4 Å². The first-order valence-electron chi connectivity index (χ1n) is 44.3. The molecule has 2 atom stereocenters. The molecule has 2 unspecified atom stereocenters. The number of hydrogen-bond donors (Lipinski definition) is 1. The van der Waals surface area contributed by atoms with Crippen LogP contribution < -0.4 is 0 Å². The van der Waals surface area contributed by atoms with Gasteiger partial charge in [0, 0.05) is 18.4 Å². The van der Waals surface area contributed by atoms with E-state index in [1.54, 1.807) is 41.7 Å². The number of alkyl halides is 3. The molecule has 0 aliphatic heterocycles. The highest BCUT2D eigenvalue weighted by molar-refractivity contribution is 8.12. The third-order valence-electron chi connectivity index (χ3n) is 18.6. The number of aliphatic carboxylic acids is 1. The number of halogens is 3. The molecule has 1 N–H and O–H groups in total. The number of carbonyl (C=O) groups is 5. The molecule has 44 heteroatoms. The Kier molecular flexibility index (Phi) is 60.2. The van der Waals surface area contributed by atoms with Gasteiger partial charge in [0.25, 0.3) is 0 Å². The zero-order chi connectivity index (χ0) is 101. The SMILES string of the molecule is CCC(C)(C)C(=O)O.CCC(C)(C)C(=O)OCCCS(=O)(=O)[N-]S(=O)(=O)C(F)(F)F.CCC(C)(C)C(=O)OCCC[Si](C)(C)O[Si](C)(C)O[Si](C)(C)O[Si](C)(C)O[Si](C)(C)O[Si](C)(C)O[Si](C)(C)O[Si](C)(C)O[Si](C)(C)O[Si](C)(C)O[Si](C)(C)C.CCC(C)(C)C(=O)OCCOCCOC.CCCCC(CC)COC(=O)C(C)CC.C[N+](C)(C)Cc1ccccc1. The summed E-state index contributed by atoms with van der Waals surface area (Å²) < 4.78 is 181. The van der Waals surface area contributed by atoms with Crippen LogP contribution in [0, 0.1) is 33.5 Å². The molecule has 0 aliphatic rings. The van der Waals surface area contributed by atoms with Crippen molar-refractivity contribution in [3.05, 3.63) is 40.0 Å². The number of unbranched alkanes of at least 4 members (excludes halogenated alkanes) is 1. The molecule has 750 valence electrons. The van der Waals surface area contributed by atoms with E-state index in [0.29, 0.717) is 58.4 Å². The van der Waals surface area contributed by atoms with Gasteiger partial charge in [-0.2, -0.15) is 13.2 Å². The molecule has 0 saturated carbocycles. The van der Waals surface area contributed by atoms with Crippen molar-refractivity contribution in [2.24, 2.45) is 33.5 Å². The van der Waals surface area contributed by atoms with Crippen molar-refractivity contribution in [1.29, 1.82) is 0 Å². The first-order chi connectivity index (χ1) is 56.2. The summed E-state index contributed by atoms with van der Waals surface area (Å²) in [6.45, 7) is 82.0. The molecule has 28 nitrogen and oxygen atoms in total. The quantitative estimate of drug-likeness (QED) is 0.0208. The summed E-state index contributed by atoms with van der Waals surface area (Å²) in [5.74, 6) is -2.04. The smallest absolute Gasteiger partial charge is 0.480 e. The van der Waals surface area contributed by atoms with E-state index in [1.165, 1.54) is 24.8 Å². The first-order valence-corrected chi connectivity index (χ1v) is 79.2. The Bertz CT molecular complexity index is 3520. The molecule has 1 aromatic rings. The van der Waals surface area contributed by atoms with Crippen LogP contribution in [-0.2, 0) is 120 Å². The Morgan fingerprint density at radius 2 is 0.778 bits per heavy atom. The Morgan fingerprint density at radius 1 is 0.444 bits per heavy atom. The standard InChI is InChI=1S/C32H86O12Si11.C13H26O2.C11H22O4.C10H17F3NO6S2.C10H16N.C6H12O2/c1-27-32(2,3)31(33)34-29-28-30-46(7,8)36-48(11,12)38-50(15,16)40-52(19,20)42-54(23,24)44-55(25,26)43-53(21,22)41-51(17,18)39-49(13,14)37-47(9,10)35-45(4,5)6;1-5-8-9-12(7-3)10-15-13(14)11(4)6-2;1-5-11(2,3)10(12)15-9-8-14-7-6-13-4;1-4-9(2,3)8(15)20-6-5-7-21(16,17)14-22(18,19)10(11,12)13;1-11(2,3)9-10-7-5-4-6-8-10;1-4-6(2,3)5(7)8/h27-30H2,1-26H3;11-12H,5-10H2,1-4H3;5-9H2,1-4H3;4-7H2,1-3H3;4-8H,9H2,1-3H3;4H2,1-3H3,(H,7,8)/q;;;-1;+1;. The molecule has 0 fully saturated rings. The Morgan fingerprint density at radius 3 is 1.07 bits per heavy atom. The molecule has 0 bridgehead atoms. The van der Waals surface area contributed by atoms with Crippen LogP contribution in [-0.4, -0.2) is 236 Å². The van der Waals surface area contributed by atoms with Gasteiger partial charge >= 0.3 is 112 Å². The highest BCUT2D eigenvalue weighted by Crippen LogP contribution is 2.35. The lowest BCUT2D eigenvalue weighted by Crippen LogP contribution is -2.62. The van der Waals surface area contributed by atoms with Gasteiger partial charge in [-0.25, -0.2) is 16.8 Å². The van der Waals surface area contributed by atoms with Crippen LogP contribution in [0.15, 0.2) is 30.3 Å². The fourth-order valence-electron chi connectivity index (χ4n) is 11.8. The van der Waals surface area contributed by atoms with Crippen molar-refractivity contribution in [2.45, 2.75) is 350 Å². The molecule has 126 heavy (non-hydrogen) atoms. The molecule has 0 radical (unpaired) electrons. The molecule has 0 aliphatic carbocycles. The second-order valence-corrected chi connectivity index (χ2v) is 86.0. The molecule has 1 rings (SSSR count). The van der Waals surface area contributed by atoms with Crippen molar-refractivity contribution < 1.29 is 133 Å². The number of hydrogen-bond acceptors (Lipinski definition) is 25. The van der Waals surface area contributed by atoms with E-state index in [-0.39, 0.29) is 36.9 Å². The summed E-state index contributed by atoms with van der Waals surface area (Å²) in [4.78, 5) is 57.1. The minimum atomic E-state index is -6.11. The van der Waals surface area contributed by atoms with Crippen LogP contribution in [0.5, 0.6) is 0 Å². The summed E-state index contributed by atoms with van der Waals surface area (Å²) in [6.07, 6.45) is 8.69. The average molecular weight is 2040 g/mol. The number of carboxylic acid groups (broad SMARTS) is 1. The lowest BCUT2D eigenvalue weighted by atomic mass is 9.91. The van der Waals surface area contributed by atoms with E-state index in [1.807, 2.05) is 66.4 Å². The Labute approximate surface area is 775 Å². The summed E-state index contributed by atoms with van der Waals surface area (Å²) >= 11 is 0. The van der Waals surface area contributed by atoms with E-state index in [4.69, 9.17) is 74.7 Å². The number of methoxy groups -OCH3 is 1. The van der Waals surface area contributed by atoms with Gasteiger partial charge in [-0.15, -0.1) is 0 Å². The number of carboxylic acids is 1. The van der Waals surface area contributed by atoms with Gasteiger partial charge in [0.2, 0.25) is 0 Å². The van der Waals surface area contributed by atoms with Gasteiger partial charge in [0.15, 0.2) is 26.7 Å². The van der Waals surface area contributed by atoms with E-state index in [9.17, 15) is 54.0 Å². The van der Waals surface area contributed by atoms with Gasteiger partial charge in [-0.3, -0.25) is 24.0 Å². The van der Waals surface area contributed by atoms with Crippen molar-refractivity contribution in [1.82, 2.24) is 0 Å². The van der Waals surface area contributed by atoms with Crippen LogP contribution in [0.1, 0.15) is 187 Å². The molecule has 0 heterocycles. The molecule has 0 saturated heterocycles. The van der Waals surface area contributed by atoms with Crippen LogP contribution in [0.25, 0.3) is 4.13 Å². The number of rotatable bonds is 54. The zero-order valence-electron chi connectivity index (χ0n) is 86.4. The van der Waals surface area contributed by atoms with Crippen LogP contribution in [0.3, 0.4) is 0 Å². The topological polar surface area (TPSA) is 336 Å². The first kappa shape index (κ1) is 133. The Hall–Kier alpha value is -1.91. The summed E-state index contributed by atoms with van der Waals surface area (Å²) in [7, 11) is -30.3. The minimum absolute atomic E-state index is 0.0348. The van der Waals surface area contributed by atoms with Crippen molar-refractivity contribution in [3.63, 3.8) is 0 Å². The maximum Gasteiger partial charge on any atom is 0.480 e. The zero-order valence-corrected chi connectivity index (χ0v) is 99.0. The second kappa shape index (κ2) is 57.2. The number of sulfonamides is 2. The molecular formula is C82H179F3N2O26S2Si11. The monoisotopic (exact) mass is 2040 g/mol. The van der Waals surface area contributed by atoms with E-state index in [2.05, 4.69) is 216 Å². The molecule has 0 aromatic heterocycles. The fraction of sp³-hybridized carbons (Fsp3) is 0.866. The number of nitrogens with zero attached hydrogens (tertiary/aromatic N) is 2. The molecule has 0 spiro atoms. The third kappa shape index (κ3) is 67.3. The Balaban J connectivity index is -0.000000552. The molecular weight excluding hydrogens is 1860 g/mol. The fourth-order valence-corrected chi connectivity index (χ4v) is 69.5. The van der Waals surface area contributed by atoms with Gasteiger partial charge in [0.1, 0.15) is 13.2 Å². The maximum atomic E-state index is 12.4. The summed E-state index contributed by atoms with van der Waals surface area (Å²) in [6, 6.07) is 11.4. The molecule has 0 amide bonds. The largest absolute Gasteiger partial charge is 0.481 e. The van der Waals surface area contributed by atoms with Gasteiger partial charge in [-0.1, -0.05) is 105 Å². The lowest BCUT2D eigenvalue weighted by molar-refractivity contribution is -0.884. The highest BCUT2D eigenvalue weighted by Gasteiger charge is 2.52. The van der Waals surface area contributed by atoms with Crippen molar-refractivity contribution >= 4 is 144 Å². The summed E-state index contributed by atoms with van der Waals surface area (Å²) in [5, 5.41) is 8.44. The van der Waals surface area contributed by atoms with Crippen molar-refractivity contribution in [2.75, 3.05) is 80.3 Å². The second-order valence-electron chi connectivity index (χ2n) is 40.8. The average Bonchev–Trinajstić information content (AvgIpc) is 0.800. The van der Waals surface area contributed by atoms with Crippen molar-refractivity contribution in [3.8, 4) is 0 Å². The number of quaternary nitrogens is 1. The molecule has 1 aromatic carbocycles. The number of ether oxygens (including phenoxy) is 6. The predicted molar refractivity (Wildman–Crippen MR) is 527 cm³/mol. The van der Waals surface area contributed by atoms with Crippen LogP contribution in [0.4, 0.5) is 13.2 Å². The maximum absolute atomic E-state index is 12.4. The van der Waals surface area contributed by atoms with Gasteiger partial charge < -0.3 is 83.3 Å². The summed E-state index contributed by atoms with van der Waals surface area (Å²) in [5.41, 5.74) is -6.55. The highest BCUT2D eigenvalue weighted by atomic mass is 32.3. The van der Waals surface area contributed by atoms with E-state index < -0.39 is 159 Å². The number of carbonyl (C=O) groups excluding carboxylic acids is 4. The number of benzene rings is 1. The number of esters is 4. The van der Waals surface area contributed by atoms with Crippen LogP contribution >= 0.6 is 0 Å². The normalized spacial score (nSPS) is 14.0. The van der Waals surface area contributed by atoms with E-state index >= 15 is 0 Å². The van der Waals surface area contributed by atoms with Crippen LogP contribution in [0.2, 0.25) is 157 Å².